The molecule has 0 aliphatic carbocycles. The number of hydrogen-bond acceptors (Lipinski definition) is 7. The van der Waals surface area contributed by atoms with Crippen LogP contribution >= 0.6 is 11.3 Å². The van der Waals surface area contributed by atoms with Crippen molar-refractivity contribution in [2.45, 2.75) is 38.8 Å². The quantitative estimate of drug-likeness (QED) is 0.590. The minimum atomic E-state index is 0.361. The number of thiazole rings is 1. The van der Waals surface area contributed by atoms with E-state index in [0.29, 0.717) is 17.7 Å². The molecule has 7 heteroatoms. The van der Waals surface area contributed by atoms with Crippen molar-refractivity contribution in [2.75, 3.05) is 20.8 Å². The van der Waals surface area contributed by atoms with E-state index in [1.54, 1.807) is 25.6 Å². The van der Waals surface area contributed by atoms with Crippen molar-refractivity contribution in [1.29, 1.82) is 0 Å². The van der Waals surface area contributed by atoms with Gasteiger partial charge in [-0.1, -0.05) is 6.42 Å². The summed E-state index contributed by atoms with van der Waals surface area (Å²) in [5.74, 6) is 2.86. The summed E-state index contributed by atoms with van der Waals surface area (Å²) in [6.45, 7) is 3.78. The van der Waals surface area contributed by atoms with E-state index in [9.17, 15) is 0 Å². The number of rotatable bonds is 6. The first-order valence-electron chi connectivity index (χ1n) is 9.51. The number of methoxy groups -OCH3 is 2. The van der Waals surface area contributed by atoms with Crippen LogP contribution in [0.1, 0.15) is 41.8 Å². The number of piperidine rings is 1. The fourth-order valence-corrected chi connectivity index (χ4v) is 4.53. The molecular formula is C21H25N3O3S. The molecule has 1 aliphatic rings. The lowest BCUT2D eigenvalue weighted by Crippen LogP contribution is -2.33. The maximum absolute atomic E-state index is 6.02. The summed E-state index contributed by atoms with van der Waals surface area (Å²) in [6.07, 6.45) is 5.47. The van der Waals surface area contributed by atoms with Crippen molar-refractivity contribution in [2.24, 2.45) is 0 Å². The number of likely N-dealkylation sites (tertiary alicyclic amines) is 1. The second-order valence-electron chi connectivity index (χ2n) is 6.94. The Kier molecular flexibility index (Phi) is 5.64. The molecule has 1 saturated heterocycles. The molecule has 4 rings (SSSR count). The van der Waals surface area contributed by atoms with Crippen LogP contribution in [0.25, 0.3) is 11.5 Å². The van der Waals surface area contributed by atoms with Crippen molar-refractivity contribution in [1.82, 2.24) is 14.9 Å². The molecular weight excluding hydrogens is 374 g/mol. The Labute approximate surface area is 169 Å². The molecule has 0 bridgehead atoms. The van der Waals surface area contributed by atoms with Gasteiger partial charge >= 0.3 is 0 Å². The van der Waals surface area contributed by atoms with E-state index in [0.717, 1.165) is 42.3 Å². The molecule has 1 fully saturated rings. The van der Waals surface area contributed by atoms with E-state index >= 15 is 0 Å². The van der Waals surface area contributed by atoms with Crippen molar-refractivity contribution in [3.8, 4) is 23.0 Å². The fraction of sp³-hybridized carbons (Fsp3) is 0.429. The summed E-state index contributed by atoms with van der Waals surface area (Å²) in [5.41, 5.74) is 1.76. The van der Waals surface area contributed by atoms with Gasteiger partial charge in [0.15, 0.2) is 0 Å². The molecule has 1 unspecified atom stereocenters. The highest BCUT2D eigenvalue weighted by Gasteiger charge is 2.27. The minimum Gasteiger partial charge on any atom is -0.497 e. The van der Waals surface area contributed by atoms with Crippen LogP contribution in [0.15, 0.2) is 34.2 Å². The first-order valence-corrected chi connectivity index (χ1v) is 10.4. The number of aromatic nitrogens is 2. The van der Waals surface area contributed by atoms with Gasteiger partial charge in [0, 0.05) is 18.1 Å². The molecule has 0 saturated carbocycles. The van der Waals surface area contributed by atoms with Crippen LogP contribution in [0.5, 0.6) is 11.5 Å². The van der Waals surface area contributed by atoms with Gasteiger partial charge in [-0.05, 0) is 44.5 Å². The Bertz CT molecular complexity index is 923. The molecule has 28 heavy (non-hydrogen) atoms. The van der Waals surface area contributed by atoms with Crippen LogP contribution in [-0.2, 0) is 6.54 Å². The number of hydrogen-bond donors (Lipinski definition) is 0. The average Bonchev–Trinajstić information content (AvgIpc) is 3.38. The first-order chi connectivity index (χ1) is 13.7. The Balaban J connectivity index is 1.61. The van der Waals surface area contributed by atoms with Gasteiger partial charge in [-0.25, -0.2) is 9.97 Å². The summed E-state index contributed by atoms with van der Waals surface area (Å²) in [7, 11) is 3.29. The van der Waals surface area contributed by atoms with Gasteiger partial charge in [0.2, 0.25) is 5.89 Å². The largest absolute Gasteiger partial charge is 0.497 e. The molecule has 148 valence electrons. The molecule has 0 radical (unpaired) electrons. The summed E-state index contributed by atoms with van der Waals surface area (Å²) >= 11 is 1.73. The van der Waals surface area contributed by atoms with Crippen molar-refractivity contribution < 1.29 is 13.9 Å². The van der Waals surface area contributed by atoms with Crippen LogP contribution in [0.3, 0.4) is 0 Å². The number of nitrogens with zero attached hydrogens (tertiary/aromatic N) is 3. The highest BCUT2D eigenvalue weighted by molar-refractivity contribution is 7.09. The second-order valence-corrected chi connectivity index (χ2v) is 7.87. The Morgan fingerprint density at radius 2 is 2.14 bits per heavy atom. The third kappa shape index (κ3) is 3.77. The van der Waals surface area contributed by atoms with Gasteiger partial charge in [-0.15, -0.1) is 11.3 Å². The Morgan fingerprint density at radius 1 is 1.25 bits per heavy atom. The molecule has 3 heterocycles. The van der Waals surface area contributed by atoms with E-state index in [1.807, 2.05) is 31.3 Å². The van der Waals surface area contributed by atoms with E-state index in [1.165, 1.54) is 17.8 Å². The number of benzene rings is 1. The summed E-state index contributed by atoms with van der Waals surface area (Å²) in [4.78, 5) is 11.8. The molecule has 1 aliphatic heterocycles. The minimum absolute atomic E-state index is 0.361. The highest BCUT2D eigenvalue weighted by atomic mass is 32.1. The SMILES string of the molecule is COc1ccc(OC)c(-c2nc(CN3CCCCC3c3nccs3)c(C)o2)c1. The summed E-state index contributed by atoms with van der Waals surface area (Å²) in [5, 5.41) is 3.24. The third-order valence-corrected chi connectivity index (χ3v) is 6.11. The van der Waals surface area contributed by atoms with Crippen LogP contribution < -0.4 is 9.47 Å². The number of aryl methyl sites for hydroxylation is 1. The fourth-order valence-electron chi connectivity index (χ4n) is 3.72. The molecule has 1 atom stereocenters. The molecule has 0 amide bonds. The lowest BCUT2D eigenvalue weighted by atomic mass is 10.0. The zero-order valence-corrected chi connectivity index (χ0v) is 17.3. The van der Waals surface area contributed by atoms with Crippen LogP contribution in [0.2, 0.25) is 0 Å². The predicted molar refractivity (Wildman–Crippen MR) is 109 cm³/mol. The molecule has 0 spiro atoms. The maximum Gasteiger partial charge on any atom is 0.230 e. The van der Waals surface area contributed by atoms with Crippen molar-refractivity contribution in [3.63, 3.8) is 0 Å². The Hall–Kier alpha value is -2.38. The molecule has 1 aromatic carbocycles. The van der Waals surface area contributed by atoms with E-state index in [-0.39, 0.29) is 0 Å². The van der Waals surface area contributed by atoms with Crippen LogP contribution in [-0.4, -0.2) is 35.6 Å². The van der Waals surface area contributed by atoms with Crippen LogP contribution in [0.4, 0.5) is 0 Å². The van der Waals surface area contributed by atoms with Gasteiger partial charge in [0.1, 0.15) is 22.3 Å². The molecule has 0 N–H and O–H groups in total. The van der Waals surface area contributed by atoms with Gasteiger partial charge < -0.3 is 13.9 Å². The predicted octanol–water partition coefficient (Wildman–Crippen LogP) is 4.85. The van der Waals surface area contributed by atoms with E-state index < -0.39 is 0 Å². The van der Waals surface area contributed by atoms with Crippen molar-refractivity contribution in [3.05, 3.63) is 46.2 Å². The zero-order valence-electron chi connectivity index (χ0n) is 16.5. The highest BCUT2D eigenvalue weighted by Crippen LogP contribution is 2.36. The molecule has 2 aromatic heterocycles. The summed E-state index contributed by atoms with van der Waals surface area (Å²) in [6, 6.07) is 5.99. The van der Waals surface area contributed by atoms with Gasteiger partial charge in [0.25, 0.3) is 0 Å². The number of ether oxygens (including phenoxy) is 2. The van der Waals surface area contributed by atoms with Gasteiger partial charge in [-0.2, -0.15) is 0 Å². The topological polar surface area (TPSA) is 60.6 Å². The first kappa shape index (κ1) is 19.0. The third-order valence-electron chi connectivity index (χ3n) is 5.23. The normalized spacial score (nSPS) is 17.6. The lowest BCUT2D eigenvalue weighted by Gasteiger charge is -2.33. The van der Waals surface area contributed by atoms with Crippen molar-refractivity contribution >= 4 is 11.3 Å². The van der Waals surface area contributed by atoms with E-state index in [4.69, 9.17) is 18.9 Å². The Morgan fingerprint density at radius 3 is 2.89 bits per heavy atom. The molecule has 3 aromatic rings. The monoisotopic (exact) mass is 399 g/mol. The zero-order chi connectivity index (χ0) is 19.5. The number of oxazole rings is 1. The van der Waals surface area contributed by atoms with Gasteiger partial charge in [-0.3, -0.25) is 4.90 Å². The summed E-state index contributed by atoms with van der Waals surface area (Å²) < 4.78 is 16.9. The standard InChI is InChI=1S/C21H25N3O3S/c1-14-17(13-24-10-5-4-6-18(24)21-22-9-11-28-21)23-20(27-14)16-12-15(25-2)7-8-19(16)26-3/h7-9,11-12,18H,4-6,10,13H2,1-3H3. The maximum atomic E-state index is 6.02. The van der Waals surface area contributed by atoms with E-state index in [2.05, 4.69) is 15.3 Å². The lowest BCUT2D eigenvalue weighted by molar-refractivity contribution is 0.138. The average molecular weight is 400 g/mol. The van der Waals surface area contributed by atoms with Crippen LogP contribution in [0, 0.1) is 6.92 Å². The van der Waals surface area contributed by atoms with Gasteiger partial charge in [0.05, 0.1) is 31.5 Å². The second kappa shape index (κ2) is 8.32. The smallest absolute Gasteiger partial charge is 0.230 e. The molecule has 6 nitrogen and oxygen atoms in total.